The second-order valence-electron chi connectivity index (χ2n) is 4.81. The highest BCUT2D eigenvalue weighted by Gasteiger charge is 2.17. The third-order valence-corrected chi connectivity index (χ3v) is 3.64. The molecule has 1 aliphatic rings. The normalized spacial score (nSPS) is 11.9. The first-order valence-corrected chi connectivity index (χ1v) is 7.95. The zero-order chi connectivity index (χ0) is 17.5. The summed E-state index contributed by atoms with van der Waals surface area (Å²) in [6.07, 6.45) is 5.36. The van der Waals surface area contributed by atoms with Gasteiger partial charge in [-0.1, -0.05) is 46.6 Å². The molecular weight excluding hydrogens is 367 g/mol. The molecule has 24 heavy (non-hydrogen) atoms. The SMILES string of the molecule is N#Cc1ncc(C#CC2CC2)cc1Cl.N#Cc1ncc(Cl)cc1Cl. The van der Waals surface area contributed by atoms with Crippen LogP contribution < -0.4 is 0 Å². The van der Waals surface area contributed by atoms with Crippen molar-refractivity contribution >= 4 is 34.8 Å². The summed E-state index contributed by atoms with van der Waals surface area (Å²) in [7, 11) is 0. The topological polar surface area (TPSA) is 73.4 Å². The summed E-state index contributed by atoms with van der Waals surface area (Å²) in [4.78, 5) is 7.57. The zero-order valence-corrected chi connectivity index (χ0v) is 14.5. The Labute approximate surface area is 154 Å². The van der Waals surface area contributed by atoms with Crippen molar-refractivity contribution in [2.45, 2.75) is 12.8 Å². The van der Waals surface area contributed by atoms with Crippen LogP contribution >= 0.6 is 34.8 Å². The molecule has 2 heterocycles. The number of rotatable bonds is 0. The van der Waals surface area contributed by atoms with Crippen LogP contribution in [0.4, 0.5) is 0 Å². The highest BCUT2D eigenvalue weighted by Crippen LogP contribution is 2.27. The van der Waals surface area contributed by atoms with Crippen molar-refractivity contribution in [2.24, 2.45) is 5.92 Å². The van der Waals surface area contributed by atoms with Gasteiger partial charge in [-0.05, 0) is 25.0 Å². The average molecular weight is 376 g/mol. The van der Waals surface area contributed by atoms with E-state index in [4.69, 9.17) is 45.3 Å². The fourth-order valence-electron chi connectivity index (χ4n) is 1.50. The van der Waals surface area contributed by atoms with Gasteiger partial charge in [0.25, 0.3) is 0 Å². The van der Waals surface area contributed by atoms with Crippen LogP contribution in [0.1, 0.15) is 29.8 Å². The molecule has 4 nitrogen and oxygen atoms in total. The molecule has 0 bridgehead atoms. The molecule has 0 amide bonds. The first kappa shape index (κ1) is 18.1. The molecule has 1 aliphatic carbocycles. The fraction of sp³-hybridized carbons (Fsp3) is 0.176. The Balaban J connectivity index is 0.000000185. The summed E-state index contributed by atoms with van der Waals surface area (Å²) >= 11 is 16.9. The highest BCUT2D eigenvalue weighted by molar-refractivity contribution is 6.35. The monoisotopic (exact) mass is 374 g/mol. The van der Waals surface area contributed by atoms with Gasteiger partial charge in [0, 0.05) is 23.9 Å². The first-order valence-electron chi connectivity index (χ1n) is 6.81. The summed E-state index contributed by atoms with van der Waals surface area (Å²) in [6, 6.07) is 6.89. The van der Waals surface area contributed by atoms with Crippen LogP contribution in [0.15, 0.2) is 24.5 Å². The molecule has 1 fully saturated rings. The van der Waals surface area contributed by atoms with Gasteiger partial charge >= 0.3 is 0 Å². The molecule has 1 saturated carbocycles. The molecule has 0 atom stereocenters. The van der Waals surface area contributed by atoms with Crippen LogP contribution in [0.5, 0.6) is 0 Å². The van der Waals surface area contributed by atoms with E-state index in [1.54, 1.807) is 12.3 Å². The van der Waals surface area contributed by atoms with Gasteiger partial charge in [0.2, 0.25) is 0 Å². The van der Waals surface area contributed by atoms with Crippen LogP contribution in [-0.2, 0) is 0 Å². The van der Waals surface area contributed by atoms with Crippen LogP contribution in [0.25, 0.3) is 0 Å². The molecule has 0 aliphatic heterocycles. The highest BCUT2D eigenvalue weighted by atomic mass is 35.5. The lowest BCUT2D eigenvalue weighted by atomic mass is 10.2. The third kappa shape index (κ3) is 5.41. The number of aromatic nitrogens is 2. The van der Waals surface area contributed by atoms with Crippen LogP contribution in [-0.4, -0.2) is 9.97 Å². The molecule has 7 heteroatoms. The largest absolute Gasteiger partial charge is 0.243 e. The standard InChI is InChI=1S/C11H7ClN2.C6H2Cl2N2/c12-10-5-9(4-3-8-1-2-8)7-14-11(10)6-13;7-4-1-5(8)6(2-9)10-3-4/h5,7-8H,1-2H2;1,3H. The average Bonchev–Trinajstić information content (AvgIpc) is 3.38. The minimum Gasteiger partial charge on any atom is -0.243 e. The molecule has 2 aromatic heterocycles. The number of halogens is 3. The lowest BCUT2D eigenvalue weighted by Crippen LogP contribution is -1.85. The molecular formula is C17H9Cl3N4. The van der Waals surface area contributed by atoms with Crippen molar-refractivity contribution in [1.29, 1.82) is 10.5 Å². The number of pyridine rings is 2. The molecule has 0 spiro atoms. The smallest absolute Gasteiger partial charge is 0.159 e. The first-order chi connectivity index (χ1) is 11.5. The lowest BCUT2D eigenvalue weighted by Gasteiger charge is -1.93. The van der Waals surface area contributed by atoms with Gasteiger partial charge in [0.15, 0.2) is 11.4 Å². The predicted octanol–water partition coefficient (Wildman–Crippen LogP) is 4.63. The summed E-state index contributed by atoms with van der Waals surface area (Å²) in [5.74, 6) is 6.66. The van der Waals surface area contributed by atoms with Gasteiger partial charge in [-0.25, -0.2) is 9.97 Å². The number of nitriles is 2. The summed E-state index contributed by atoms with van der Waals surface area (Å²) in [5.41, 5.74) is 1.23. The molecule has 0 radical (unpaired) electrons. The van der Waals surface area contributed by atoms with E-state index in [0.717, 1.165) is 5.56 Å². The van der Waals surface area contributed by atoms with Gasteiger partial charge in [-0.15, -0.1) is 0 Å². The number of hydrogen-bond donors (Lipinski definition) is 0. The fourth-order valence-corrected chi connectivity index (χ4v) is 2.13. The van der Waals surface area contributed by atoms with Gasteiger partial charge in [-0.2, -0.15) is 10.5 Å². The zero-order valence-electron chi connectivity index (χ0n) is 12.2. The van der Waals surface area contributed by atoms with Crippen LogP contribution in [0, 0.1) is 40.4 Å². The van der Waals surface area contributed by atoms with Crippen LogP contribution in [0.3, 0.4) is 0 Å². The van der Waals surface area contributed by atoms with E-state index in [9.17, 15) is 0 Å². The van der Waals surface area contributed by atoms with Crippen LogP contribution in [0.2, 0.25) is 15.1 Å². The molecule has 0 aromatic carbocycles. The Bertz CT molecular complexity index is 897. The molecule has 0 saturated heterocycles. The predicted molar refractivity (Wildman–Crippen MR) is 92.5 cm³/mol. The van der Waals surface area contributed by atoms with Crippen molar-refractivity contribution in [3.63, 3.8) is 0 Å². The quantitative estimate of drug-likeness (QED) is 0.629. The third-order valence-electron chi connectivity index (χ3n) is 2.86. The van der Waals surface area contributed by atoms with Crippen molar-refractivity contribution in [3.05, 3.63) is 56.5 Å². The number of nitrogens with zero attached hydrogens (tertiary/aromatic N) is 4. The van der Waals surface area contributed by atoms with E-state index in [-0.39, 0.29) is 16.4 Å². The Morgan fingerprint density at radius 3 is 2.00 bits per heavy atom. The van der Waals surface area contributed by atoms with E-state index in [1.807, 2.05) is 12.1 Å². The summed E-state index contributed by atoms with van der Waals surface area (Å²) < 4.78 is 0. The van der Waals surface area contributed by atoms with Gasteiger partial charge < -0.3 is 0 Å². The Morgan fingerprint density at radius 2 is 1.50 bits per heavy atom. The Hall–Kier alpha value is -2.29. The van der Waals surface area contributed by atoms with Gasteiger partial charge in [0.05, 0.1) is 15.1 Å². The molecule has 3 rings (SSSR count). The van der Waals surface area contributed by atoms with Crippen molar-refractivity contribution in [1.82, 2.24) is 9.97 Å². The minimum atomic E-state index is 0.200. The maximum Gasteiger partial charge on any atom is 0.159 e. The second-order valence-corrected chi connectivity index (χ2v) is 6.06. The van der Waals surface area contributed by atoms with Gasteiger partial charge in [0.1, 0.15) is 12.1 Å². The Kier molecular flexibility index (Phi) is 6.42. The van der Waals surface area contributed by atoms with Crippen molar-refractivity contribution < 1.29 is 0 Å². The van der Waals surface area contributed by atoms with E-state index in [1.165, 1.54) is 25.1 Å². The van der Waals surface area contributed by atoms with Crippen molar-refractivity contribution in [3.8, 4) is 24.0 Å². The number of hydrogen-bond acceptors (Lipinski definition) is 4. The maximum atomic E-state index is 8.60. The molecule has 0 N–H and O–H groups in total. The van der Waals surface area contributed by atoms with Gasteiger partial charge in [-0.3, -0.25) is 0 Å². The Morgan fingerprint density at radius 1 is 0.917 bits per heavy atom. The van der Waals surface area contributed by atoms with Crippen molar-refractivity contribution in [2.75, 3.05) is 0 Å². The molecule has 118 valence electrons. The summed E-state index contributed by atoms with van der Waals surface area (Å²) in [5, 5.41) is 18.1. The maximum absolute atomic E-state index is 8.60. The lowest BCUT2D eigenvalue weighted by molar-refractivity contribution is 1.18. The van der Waals surface area contributed by atoms with E-state index in [0.29, 0.717) is 16.0 Å². The minimum absolute atomic E-state index is 0.200. The second kappa shape index (κ2) is 8.53. The van der Waals surface area contributed by atoms with E-state index < -0.39 is 0 Å². The summed E-state index contributed by atoms with van der Waals surface area (Å²) in [6.45, 7) is 0. The molecule has 2 aromatic rings. The van der Waals surface area contributed by atoms with E-state index in [2.05, 4.69) is 21.8 Å². The van der Waals surface area contributed by atoms with E-state index >= 15 is 0 Å². The molecule has 0 unspecified atom stereocenters.